The molecule has 0 saturated heterocycles. The predicted molar refractivity (Wildman–Crippen MR) is 176 cm³/mol. The number of rotatable bonds is 11. The summed E-state index contributed by atoms with van der Waals surface area (Å²) in [5, 5.41) is 12.3. The number of hydrogen-bond acceptors (Lipinski definition) is 10. The molecule has 0 bridgehead atoms. The first-order valence-corrected chi connectivity index (χ1v) is 15.3. The van der Waals surface area contributed by atoms with Crippen LogP contribution in [0.1, 0.15) is 25.0 Å². The van der Waals surface area contributed by atoms with Crippen LogP contribution in [0.25, 0.3) is 11.1 Å². The van der Waals surface area contributed by atoms with Gasteiger partial charge in [-0.25, -0.2) is 17.5 Å². The van der Waals surface area contributed by atoms with Gasteiger partial charge in [-0.2, -0.15) is 20.2 Å². The molecule has 2 heterocycles. The Morgan fingerprint density at radius 2 is 1.29 bits per heavy atom. The van der Waals surface area contributed by atoms with Crippen molar-refractivity contribution in [3.63, 3.8) is 0 Å². The van der Waals surface area contributed by atoms with Crippen LogP contribution in [0.4, 0.5) is 27.7 Å². The zero-order valence-corrected chi connectivity index (χ0v) is 25.5. The van der Waals surface area contributed by atoms with Crippen LogP contribution in [0.3, 0.4) is 0 Å². The molecular weight excluding hydrogens is 593 g/mol. The second-order valence-electron chi connectivity index (χ2n) is 9.70. The topological polar surface area (TPSA) is 146 Å². The Kier molecular flexibility index (Phi) is 9.51. The Labute approximate surface area is 260 Å². The molecule has 0 aliphatic carbocycles. The van der Waals surface area contributed by atoms with Gasteiger partial charge in [0.25, 0.3) is 0 Å². The van der Waals surface area contributed by atoms with Gasteiger partial charge in [0.05, 0.1) is 21.9 Å². The summed E-state index contributed by atoms with van der Waals surface area (Å²) < 4.78 is 40.2. The highest BCUT2D eigenvalue weighted by Crippen LogP contribution is 2.35. The van der Waals surface area contributed by atoms with E-state index in [0.717, 1.165) is 11.1 Å². The number of benzene rings is 3. The van der Waals surface area contributed by atoms with Crippen molar-refractivity contribution in [2.24, 2.45) is 10.2 Å². The fraction of sp³-hybridized carbons (Fsp3) is 0.0938. The van der Waals surface area contributed by atoms with Gasteiger partial charge in [0.1, 0.15) is 5.82 Å². The van der Waals surface area contributed by atoms with E-state index < -0.39 is 10.0 Å². The standard InChI is InChI=1S/C32H30FN9O2S/c1-21(23-9-15-28(16-10-23)45(43,44)34-3)39-41-30-29(25-7-5-4-6-8-25)31(42-40-22(2)24-17-19-35-20-18-24)38-32(37-30)36-27-13-11-26(33)12-14-27/h4-20,34H,1-3H3,(H3,36,37,38,41,42)/b39-21+,40-22+. The van der Waals surface area contributed by atoms with Crippen LogP contribution in [0.15, 0.2) is 118 Å². The molecule has 0 amide bonds. The average Bonchev–Trinajstić information content (AvgIpc) is 3.07. The number of aromatic nitrogens is 3. The number of sulfonamides is 1. The first-order chi connectivity index (χ1) is 21.7. The number of anilines is 4. The van der Waals surface area contributed by atoms with E-state index in [1.165, 1.54) is 31.3 Å². The van der Waals surface area contributed by atoms with Crippen LogP contribution in [-0.4, -0.2) is 41.8 Å². The zero-order chi connectivity index (χ0) is 31.8. The lowest BCUT2D eigenvalue weighted by Gasteiger charge is -2.16. The Balaban J connectivity index is 1.57. The number of nitrogens with one attached hydrogen (secondary N) is 4. The minimum absolute atomic E-state index is 0.145. The molecule has 4 N–H and O–H groups in total. The number of nitrogens with zero attached hydrogens (tertiary/aromatic N) is 5. The molecule has 5 aromatic rings. The van der Waals surface area contributed by atoms with Crippen LogP contribution in [0.5, 0.6) is 0 Å². The van der Waals surface area contributed by atoms with E-state index in [4.69, 9.17) is 9.97 Å². The van der Waals surface area contributed by atoms with E-state index in [1.807, 2.05) is 49.4 Å². The molecule has 5 rings (SSSR count). The third-order valence-corrected chi connectivity index (χ3v) is 8.11. The fourth-order valence-corrected chi connectivity index (χ4v) is 4.94. The van der Waals surface area contributed by atoms with Crippen LogP contribution in [0.2, 0.25) is 0 Å². The third kappa shape index (κ3) is 7.71. The van der Waals surface area contributed by atoms with Gasteiger partial charge in [-0.05, 0) is 80.6 Å². The Hall–Kier alpha value is -5.53. The first kappa shape index (κ1) is 30.9. The monoisotopic (exact) mass is 623 g/mol. The van der Waals surface area contributed by atoms with Crippen molar-refractivity contribution in [3.8, 4) is 11.1 Å². The second-order valence-corrected chi connectivity index (χ2v) is 11.6. The lowest BCUT2D eigenvalue weighted by molar-refractivity contribution is 0.588. The molecule has 0 saturated carbocycles. The van der Waals surface area contributed by atoms with Crippen molar-refractivity contribution < 1.29 is 12.8 Å². The van der Waals surface area contributed by atoms with Gasteiger partial charge in [-0.1, -0.05) is 42.5 Å². The second kappa shape index (κ2) is 13.8. The van der Waals surface area contributed by atoms with Crippen molar-refractivity contribution in [1.82, 2.24) is 19.7 Å². The minimum atomic E-state index is -3.57. The highest BCUT2D eigenvalue weighted by Gasteiger charge is 2.18. The van der Waals surface area contributed by atoms with Crippen molar-refractivity contribution in [1.29, 1.82) is 0 Å². The lowest BCUT2D eigenvalue weighted by Crippen LogP contribution is -2.18. The molecule has 228 valence electrons. The number of hydrazone groups is 2. The van der Waals surface area contributed by atoms with Crippen molar-refractivity contribution >= 4 is 44.7 Å². The molecule has 0 aliphatic heterocycles. The molecule has 0 atom stereocenters. The van der Waals surface area contributed by atoms with Crippen molar-refractivity contribution in [2.45, 2.75) is 18.7 Å². The molecule has 45 heavy (non-hydrogen) atoms. The molecule has 13 heteroatoms. The molecule has 0 fully saturated rings. The average molecular weight is 624 g/mol. The van der Waals surface area contributed by atoms with E-state index in [-0.39, 0.29) is 16.7 Å². The lowest BCUT2D eigenvalue weighted by atomic mass is 10.1. The highest BCUT2D eigenvalue weighted by atomic mass is 32.2. The van der Waals surface area contributed by atoms with Crippen molar-refractivity contribution in [3.05, 3.63) is 120 Å². The highest BCUT2D eigenvalue weighted by molar-refractivity contribution is 7.89. The maximum absolute atomic E-state index is 13.6. The summed E-state index contributed by atoms with van der Waals surface area (Å²) in [5.41, 5.74) is 11.0. The minimum Gasteiger partial charge on any atom is -0.324 e. The van der Waals surface area contributed by atoms with Gasteiger partial charge >= 0.3 is 0 Å². The van der Waals surface area contributed by atoms with E-state index in [2.05, 4.69) is 36.1 Å². The van der Waals surface area contributed by atoms with Gasteiger partial charge in [0, 0.05) is 23.6 Å². The summed E-state index contributed by atoms with van der Waals surface area (Å²) in [6, 6.07) is 25.4. The normalized spacial score (nSPS) is 12.1. The van der Waals surface area contributed by atoms with E-state index >= 15 is 0 Å². The summed E-state index contributed by atoms with van der Waals surface area (Å²) in [5.74, 6) is 0.575. The Bertz CT molecular complexity index is 1940. The molecule has 0 spiro atoms. The van der Waals surface area contributed by atoms with E-state index in [9.17, 15) is 12.8 Å². The van der Waals surface area contributed by atoms with E-state index in [0.29, 0.717) is 39.9 Å². The third-order valence-electron chi connectivity index (χ3n) is 6.68. The Morgan fingerprint density at radius 3 is 1.84 bits per heavy atom. The molecule has 3 aromatic carbocycles. The summed E-state index contributed by atoms with van der Waals surface area (Å²) in [6.45, 7) is 3.65. The predicted octanol–water partition coefficient (Wildman–Crippen LogP) is 6.00. The maximum atomic E-state index is 13.6. The van der Waals surface area contributed by atoms with E-state index in [1.54, 1.807) is 43.6 Å². The molecule has 11 nitrogen and oxygen atoms in total. The van der Waals surface area contributed by atoms with Crippen molar-refractivity contribution in [2.75, 3.05) is 23.2 Å². The molecule has 0 unspecified atom stereocenters. The Morgan fingerprint density at radius 1 is 0.733 bits per heavy atom. The van der Waals surface area contributed by atoms with Crippen LogP contribution >= 0.6 is 0 Å². The zero-order valence-electron chi connectivity index (χ0n) is 24.7. The quantitative estimate of drug-likeness (QED) is 0.104. The molecule has 0 aliphatic rings. The number of pyridine rings is 1. The fourth-order valence-electron chi connectivity index (χ4n) is 4.21. The van der Waals surface area contributed by atoms with Crippen LogP contribution < -0.4 is 20.9 Å². The molecular formula is C32H30FN9O2S. The smallest absolute Gasteiger partial charge is 0.240 e. The molecule has 2 aromatic heterocycles. The number of halogens is 1. The summed E-state index contributed by atoms with van der Waals surface area (Å²) >= 11 is 0. The summed E-state index contributed by atoms with van der Waals surface area (Å²) in [4.78, 5) is 13.6. The van der Waals surface area contributed by atoms with Gasteiger partial charge in [0.15, 0.2) is 11.6 Å². The summed E-state index contributed by atoms with van der Waals surface area (Å²) in [6.07, 6.45) is 3.38. The molecule has 0 radical (unpaired) electrons. The summed E-state index contributed by atoms with van der Waals surface area (Å²) in [7, 11) is -2.21. The maximum Gasteiger partial charge on any atom is 0.240 e. The SMILES string of the molecule is CNS(=O)(=O)c1ccc(/C(C)=N/Nc2nc(Nc3ccc(F)cc3)nc(N/N=C(\C)c3ccncc3)c2-c2ccccc2)cc1. The first-order valence-electron chi connectivity index (χ1n) is 13.8. The van der Waals surface area contributed by atoms with Gasteiger partial charge in [-0.15, -0.1) is 0 Å². The van der Waals surface area contributed by atoms with Gasteiger partial charge in [0.2, 0.25) is 16.0 Å². The number of hydrogen-bond donors (Lipinski definition) is 4. The van der Waals surface area contributed by atoms with Gasteiger partial charge < -0.3 is 5.32 Å². The van der Waals surface area contributed by atoms with Crippen LogP contribution in [-0.2, 0) is 10.0 Å². The van der Waals surface area contributed by atoms with Gasteiger partial charge in [-0.3, -0.25) is 15.8 Å². The largest absolute Gasteiger partial charge is 0.324 e. The van der Waals surface area contributed by atoms with Crippen LogP contribution in [0, 0.1) is 5.82 Å².